The summed E-state index contributed by atoms with van der Waals surface area (Å²) in [5.41, 5.74) is 1.06. The van der Waals surface area contributed by atoms with Crippen LogP contribution in [0.25, 0.3) is 0 Å². The van der Waals surface area contributed by atoms with Crippen molar-refractivity contribution in [2.24, 2.45) is 23.7 Å². The Morgan fingerprint density at radius 1 is 1.06 bits per heavy atom. The Morgan fingerprint density at radius 2 is 1.82 bits per heavy atom. The minimum Gasteiger partial charge on any atom is -0.312 e. The van der Waals surface area contributed by atoms with Crippen molar-refractivity contribution >= 4 is 11.6 Å². The smallest absolute Gasteiger partial charge is 0.231 e. The summed E-state index contributed by atoms with van der Waals surface area (Å²) >= 11 is 0. The summed E-state index contributed by atoms with van der Waals surface area (Å²) in [6.45, 7) is 0.916. The van der Waals surface area contributed by atoms with Crippen molar-refractivity contribution in [2.45, 2.75) is 6.42 Å². The van der Waals surface area contributed by atoms with Crippen LogP contribution in [0, 0.1) is 23.7 Å². The molecule has 2 heteroatoms. The van der Waals surface area contributed by atoms with Crippen LogP contribution in [0.4, 0.5) is 5.69 Å². The van der Waals surface area contributed by atoms with Gasteiger partial charge in [0.15, 0.2) is 0 Å². The number of carbonyl (C=O) groups excluding carboxylic acids is 1. The van der Waals surface area contributed by atoms with Crippen LogP contribution in [0.15, 0.2) is 42.5 Å². The Bertz CT molecular complexity index is 493. The summed E-state index contributed by atoms with van der Waals surface area (Å²) in [7, 11) is 0. The highest BCUT2D eigenvalue weighted by atomic mass is 16.2. The van der Waals surface area contributed by atoms with E-state index in [-0.39, 0.29) is 5.92 Å². The molecular weight excluding hydrogens is 210 g/mol. The first-order valence-corrected chi connectivity index (χ1v) is 6.39. The van der Waals surface area contributed by atoms with Gasteiger partial charge >= 0.3 is 0 Å². The van der Waals surface area contributed by atoms with Crippen LogP contribution in [0.1, 0.15) is 6.42 Å². The zero-order chi connectivity index (χ0) is 11.4. The lowest BCUT2D eigenvalue weighted by Gasteiger charge is -2.18. The summed E-state index contributed by atoms with van der Waals surface area (Å²) in [5, 5.41) is 0. The number of hydrogen-bond acceptors (Lipinski definition) is 1. The minimum atomic E-state index is 0.269. The maximum atomic E-state index is 12.5. The molecule has 1 aromatic carbocycles. The molecule has 1 aromatic rings. The predicted octanol–water partition coefficient (Wildman–Crippen LogP) is 2.47. The van der Waals surface area contributed by atoms with Gasteiger partial charge in [-0.25, -0.2) is 0 Å². The predicted molar refractivity (Wildman–Crippen MR) is 66.5 cm³/mol. The quantitative estimate of drug-likeness (QED) is 0.672. The highest BCUT2D eigenvalue weighted by molar-refractivity contribution is 5.98. The van der Waals surface area contributed by atoms with Gasteiger partial charge in [-0.1, -0.05) is 30.4 Å². The van der Waals surface area contributed by atoms with Gasteiger partial charge in [0, 0.05) is 18.2 Å². The number of hydrogen-bond donors (Lipinski definition) is 0. The van der Waals surface area contributed by atoms with E-state index >= 15 is 0 Å². The zero-order valence-electron chi connectivity index (χ0n) is 9.62. The number of amides is 1. The third-order valence-electron chi connectivity index (χ3n) is 4.63. The molecule has 4 rings (SSSR count). The highest BCUT2D eigenvalue weighted by Crippen LogP contribution is 2.52. The van der Waals surface area contributed by atoms with Gasteiger partial charge in [-0.3, -0.25) is 4.79 Å². The molecule has 3 aliphatic rings. The van der Waals surface area contributed by atoms with E-state index in [1.165, 1.54) is 6.42 Å². The van der Waals surface area contributed by atoms with Crippen LogP contribution in [-0.4, -0.2) is 12.5 Å². The lowest BCUT2D eigenvalue weighted by Crippen LogP contribution is -2.28. The van der Waals surface area contributed by atoms with E-state index in [4.69, 9.17) is 0 Å². The SMILES string of the molecule is O=C1[C@H]2[C@@H](CN1c1ccccc1)[C@H]1C=C[C@@H]2C1. The molecule has 4 atom stereocenters. The Labute approximate surface area is 101 Å². The fourth-order valence-corrected chi connectivity index (χ4v) is 3.86. The molecule has 2 aliphatic carbocycles. The molecule has 1 saturated carbocycles. The number of nitrogens with zero attached hydrogens (tertiary/aromatic N) is 1. The normalized spacial score (nSPS) is 37.9. The summed E-state index contributed by atoms with van der Waals surface area (Å²) < 4.78 is 0. The summed E-state index contributed by atoms with van der Waals surface area (Å²) in [6, 6.07) is 10.1. The van der Waals surface area contributed by atoms with Gasteiger partial charge < -0.3 is 4.90 Å². The van der Waals surface area contributed by atoms with Gasteiger partial charge in [0.05, 0.1) is 0 Å². The van der Waals surface area contributed by atoms with Crippen molar-refractivity contribution in [3.05, 3.63) is 42.5 Å². The van der Waals surface area contributed by atoms with Gasteiger partial charge in [0.2, 0.25) is 5.91 Å². The summed E-state index contributed by atoms with van der Waals surface area (Å²) in [6.07, 6.45) is 5.80. The first kappa shape index (κ1) is 9.46. The van der Waals surface area contributed by atoms with E-state index in [0.717, 1.165) is 12.2 Å². The van der Waals surface area contributed by atoms with Crippen molar-refractivity contribution in [1.82, 2.24) is 0 Å². The number of fused-ring (bicyclic) bond motifs is 5. The third-order valence-corrected chi connectivity index (χ3v) is 4.63. The summed E-state index contributed by atoms with van der Waals surface area (Å²) in [4.78, 5) is 14.5. The fraction of sp³-hybridized carbons (Fsp3) is 0.400. The first-order chi connectivity index (χ1) is 8.34. The lowest BCUT2D eigenvalue weighted by atomic mass is 9.86. The monoisotopic (exact) mass is 225 g/mol. The second-order valence-electron chi connectivity index (χ2n) is 5.42. The molecule has 17 heavy (non-hydrogen) atoms. The second-order valence-corrected chi connectivity index (χ2v) is 5.42. The first-order valence-electron chi connectivity index (χ1n) is 6.39. The number of benzene rings is 1. The third kappa shape index (κ3) is 1.18. The maximum Gasteiger partial charge on any atom is 0.231 e. The molecule has 86 valence electrons. The topological polar surface area (TPSA) is 20.3 Å². The molecule has 2 bridgehead atoms. The molecule has 0 radical (unpaired) electrons. The minimum absolute atomic E-state index is 0.269. The van der Waals surface area contributed by atoms with E-state index < -0.39 is 0 Å². The Kier molecular flexibility index (Phi) is 1.79. The van der Waals surface area contributed by atoms with Crippen molar-refractivity contribution < 1.29 is 4.79 Å². The van der Waals surface area contributed by atoms with Crippen molar-refractivity contribution in [3.8, 4) is 0 Å². The fourth-order valence-electron chi connectivity index (χ4n) is 3.86. The van der Waals surface area contributed by atoms with Crippen LogP contribution in [-0.2, 0) is 4.79 Å². The number of para-hydroxylation sites is 1. The van der Waals surface area contributed by atoms with E-state index in [1.54, 1.807) is 0 Å². The molecule has 1 saturated heterocycles. The van der Waals surface area contributed by atoms with E-state index in [2.05, 4.69) is 12.2 Å². The van der Waals surface area contributed by atoms with Gasteiger partial charge in [0.25, 0.3) is 0 Å². The maximum absolute atomic E-state index is 12.5. The molecule has 1 aliphatic heterocycles. The highest BCUT2D eigenvalue weighted by Gasteiger charge is 2.54. The largest absolute Gasteiger partial charge is 0.312 e. The van der Waals surface area contributed by atoms with Crippen molar-refractivity contribution in [2.75, 3.05) is 11.4 Å². The molecule has 2 nitrogen and oxygen atoms in total. The van der Waals surface area contributed by atoms with Crippen LogP contribution >= 0.6 is 0 Å². The molecule has 2 fully saturated rings. The van der Waals surface area contributed by atoms with Crippen LogP contribution in [0.3, 0.4) is 0 Å². The van der Waals surface area contributed by atoms with Crippen LogP contribution in [0.2, 0.25) is 0 Å². The van der Waals surface area contributed by atoms with E-state index in [1.807, 2.05) is 35.2 Å². The molecule has 1 amide bonds. The molecule has 0 spiro atoms. The number of rotatable bonds is 1. The lowest BCUT2D eigenvalue weighted by molar-refractivity contribution is -0.121. The molecular formula is C15H15NO. The zero-order valence-corrected chi connectivity index (χ0v) is 9.62. The van der Waals surface area contributed by atoms with E-state index in [0.29, 0.717) is 23.7 Å². The van der Waals surface area contributed by atoms with Crippen LogP contribution < -0.4 is 4.90 Å². The number of anilines is 1. The second kappa shape index (κ2) is 3.22. The van der Waals surface area contributed by atoms with E-state index in [9.17, 15) is 4.79 Å². The number of allylic oxidation sites excluding steroid dienone is 2. The standard InChI is InChI=1S/C15H15NO/c17-15-14-11-7-6-10(8-11)13(14)9-16(15)12-4-2-1-3-5-12/h1-7,10-11,13-14H,8-9H2/t10-,11+,13-,14+/m0/s1. The molecule has 0 N–H and O–H groups in total. The van der Waals surface area contributed by atoms with Crippen molar-refractivity contribution in [1.29, 1.82) is 0 Å². The van der Waals surface area contributed by atoms with Crippen molar-refractivity contribution in [3.63, 3.8) is 0 Å². The van der Waals surface area contributed by atoms with Gasteiger partial charge in [-0.2, -0.15) is 0 Å². The van der Waals surface area contributed by atoms with Crippen LogP contribution in [0.5, 0.6) is 0 Å². The molecule has 0 aromatic heterocycles. The van der Waals surface area contributed by atoms with Gasteiger partial charge in [0.1, 0.15) is 0 Å². The Balaban J connectivity index is 1.69. The Hall–Kier alpha value is -1.57. The molecule has 1 heterocycles. The average molecular weight is 225 g/mol. The Morgan fingerprint density at radius 3 is 2.59 bits per heavy atom. The number of carbonyl (C=O) groups is 1. The van der Waals surface area contributed by atoms with Gasteiger partial charge in [-0.05, 0) is 36.3 Å². The average Bonchev–Trinajstić information content (AvgIpc) is 3.03. The molecule has 0 unspecified atom stereocenters. The summed E-state index contributed by atoms with van der Waals surface area (Å²) in [5.74, 6) is 2.36. The van der Waals surface area contributed by atoms with Gasteiger partial charge in [-0.15, -0.1) is 0 Å².